The molecule has 0 N–H and O–H groups in total. The van der Waals surface area contributed by atoms with E-state index in [0.29, 0.717) is 5.92 Å². The van der Waals surface area contributed by atoms with E-state index in [4.69, 9.17) is 9.47 Å². The molecule has 118 valence electrons. The maximum absolute atomic E-state index is 11.9. The molecule has 0 aliphatic carbocycles. The molecule has 0 aliphatic heterocycles. The number of carbonyl (C=O) groups excluding carboxylic acids is 1. The highest BCUT2D eigenvalue weighted by Gasteiger charge is 2.19. The van der Waals surface area contributed by atoms with Gasteiger partial charge in [-0.1, -0.05) is 32.9 Å². The molecule has 0 heterocycles. The summed E-state index contributed by atoms with van der Waals surface area (Å²) in [5.41, 5.74) is 1.27. The van der Waals surface area contributed by atoms with Gasteiger partial charge in [0.1, 0.15) is 5.75 Å². The van der Waals surface area contributed by atoms with Gasteiger partial charge in [-0.25, -0.2) is 0 Å². The minimum Gasteiger partial charge on any atom is -0.497 e. The fraction of sp³-hybridized carbons (Fsp3) is 0.611. The average molecular weight is 292 g/mol. The van der Waals surface area contributed by atoms with E-state index in [1.54, 1.807) is 7.11 Å². The molecule has 1 aromatic rings. The van der Waals surface area contributed by atoms with Crippen molar-refractivity contribution in [2.75, 3.05) is 7.11 Å². The molecule has 0 aromatic heterocycles. The zero-order valence-corrected chi connectivity index (χ0v) is 13.9. The Hall–Kier alpha value is -1.51. The summed E-state index contributed by atoms with van der Waals surface area (Å²) in [6, 6.07) is 8.11. The molecule has 0 spiro atoms. The molecule has 0 saturated carbocycles. The Morgan fingerprint density at radius 2 is 1.76 bits per heavy atom. The number of benzene rings is 1. The van der Waals surface area contributed by atoms with Crippen LogP contribution in [-0.4, -0.2) is 19.2 Å². The van der Waals surface area contributed by atoms with Crippen LogP contribution in [0.2, 0.25) is 0 Å². The van der Waals surface area contributed by atoms with Crippen LogP contribution in [0.4, 0.5) is 0 Å². The van der Waals surface area contributed by atoms with Gasteiger partial charge in [0, 0.05) is 0 Å². The van der Waals surface area contributed by atoms with E-state index in [0.717, 1.165) is 25.0 Å². The van der Waals surface area contributed by atoms with Crippen molar-refractivity contribution in [3.63, 3.8) is 0 Å². The molecule has 0 radical (unpaired) electrons. The summed E-state index contributed by atoms with van der Waals surface area (Å²) in [6.07, 6.45) is 2.68. The zero-order chi connectivity index (χ0) is 15.8. The zero-order valence-electron chi connectivity index (χ0n) is 13.9. The Balaban J connectivity index is 2.44. The Bertz CT molecular complexity index is 425. The molecular formula is C18H28O3. The Labute approximate surface area is 128 Å². The maximum Gasteiger partial charge on any atom is 0.308 e. The van der Waals surface area contributed by atoms with Gasteiger partial charge in [-0.05, 0) is 49.8 Å². The summed E-state index contributed by atoms with van der Waals surface area (Å²) in [5.74, 6) is 1.19. The van der Waals surface area contributed by atoms with Crippen molar-refractivity contribution < 1.29 is 14.3 Å². The van der Waals surface area contributed by atoms with Gasteiger partial charge in [-0.2, -0.15) is 0 Å². The predicted octanol–water partition coefficient (Wildman–Crippen LogP) is 4.24. The third-order valence-corrected chi connectivity index (χ3v) is 3.79. The smallest absolute Gasteiger partial charge is 0.308 e. The van der Waals surface area contributed by atoms with Crippen molar-refractivity contribution in [3.8, 4) is 5.75 Å². The highest BCUT2D eigenvalue weighted by Crippen LogP contribution is 2.20. The largest absolute Gasteiger partial charge is 0.497 e. The van der Waals surface area contributed by atoms with Crippen molar-refractivity contribution in [2.24, 2.45) is 11.8 Å². The molecule has 1 rings (SSSR count). The van der Waals surface area contributed by atoms with Crippen LogP contribution in [0.15, 0.2) is 24.3 Å². The molecule has 0 aliphatic rings. The first-order chi connectivity index (χ1) is 9.96. The Morgan fingerprint density at radius 1 is 1.14 bits per heavy atom. The van der Waals surface area contributed by atoms with E-state index in [2.05, 4.69) is 19.1 Å². The topological polar surface area (TPSA) is 35.5 Å². The minimum atomic E-state index is -0.0778. The standard InChI is InChI=1S/C18H28O3/c1-6-15(4)21-18(19)14(3)11-13(2)12-16-7-9-17(20-5)10-8-16/h7-10,13-15H,6,11-12H2,1-5H3. The monoisotopic (exact) mass is 292 g/mol. The lowest BCUT2D eigenvalue weighted by Gasteiger charge is -2.19. The van der Waals surface area contributed by atoms with Crippen molar-refractivity contribution in [1.82, 2.24) is 0 Å². The fourth-order valence-corrected chi connectivity index (χ4v) is 2.34. The first-order valence-electron chi connectivity index (χ1n) is 7.79. The SMILES string of the molecule is CCC(C)OC(=O)C(C)CC(C)Cc1ccc(OC)cc1. The van der Waals surface area contributed by atoms with Crippen LogP contribution in [0, 0.1) is 11.8 Å². The first kappa shape index (κ1) is 17.5. The van der Waals surface area contributed by atoms with Gasteiger partial charge in [0.05, 0.1) is 19.1 Å². The second kappa shape index (κ2) is 8.71. The van der Waals surface area contributed by atoms with Crippen LogP contribution in [0.1, 0.15) is 46.1 Å². The van der Waals surface area contributed by atoms with E-state index in [1.807, 2.05) is 32.9 Å². The third kappa shape index (κ3) is 6.19. The van der Waals surface area contributed by atoms with Gasteiger partial charge >= 0.3 is 5.97 Å². The second-order valence-corrected chi connectivity index (χ2v) is 5.95. The lowest BCUT2D eigenvalue weighted by Crippen LogP contribution is -2.22. The number of carbonyl (C=O) groups is 1. The van der Waals surface area contributed by atoms with Crippen molar-refractivity contribution in [3.05, 3.63) is 29.8 Å². The van der Waals surface area contributed by atoms with Crippen molar-refractivity contribution in [1.29, 1.82) is 0 Å². The summed E-state index contributed by atoms with van der Waals surface area (Å²) >= 11 is 0. The van der Waals surface area contributed by atoms with Gasteiger partial charge < -0.3 is 9.47 Å². The summed E-state index contributed by atoms with van der Waals surface area (Å²) in [7, 11) is 1.67. The summed E-state index contributed by atoms with van der Waals surface area (Å²) in [5, 5.41) is 0. The molecule has 21 heavy (non-hydrogen) atoms. The van der Waals surface area contributed by atoms with Gasteiger partial charge in [0.2, 0.25) is 0 Å². The molecule has 3 heteroatoms. The van der Waals surface area contributed by atoms with Crippen molar-refractivity contribution >= 4 is 5.97 Å². The first-order valence-corrected chi connectivity index (χ1v) is 7.79. The van der Waals surface area contributed by atoms with Gasteiger partial charge in [0.25, 0.3) is 0 Å². The third-order valence-electron chi connectivity index (χ3n) is 3.79. The lowest BCUT2D eigenvalue weighted by molar-refractivity contribution is -0.153. The quantitative estimate of drug-likeness (QED) is 0.672. The number of hydrogen-bond acceptors (Lipinski definition) is 3. The van der Waals surface area contributed by atoms with E-state index in [9.17, 15) is 4.79 Å². The van der Waals surface area contributed by atoms with Crippen LogP contribution in [0.5, 0.6) is 5.75 Å². The summed E-state index contributed by atoms with van der Waals surface area (Å²) < 4.78 is 10.5. The number of esters is 1. The molecule has 0 amide bonds. The van der Waals surface area contributed by atoms with Gasteiger partial charge in [-0.3, -0.25) is 4.79 Å². The number of rotatable bonds is 8. The molecule has 0 saturated heterocycles. The molecule has 3 unspecified atom stereocenters. The molecule has 3 atom stereocenters. The van der Waals surface area contributed by atoms with Crippen LogP contribution in [0.25, 0.3) is 0 Å². The molecule has 0 bridgehead atoms. The molecule has 3 nitrogen and oxygen atoms in total. The summed E-state index contributed by atoms with van der Waals surface area (Å²) in [4.78, 5) is 11.9. The fourth-order valence-electron chi connectivity index (χ4n) is 2.34. The number of hydrogen-bond donors (Lipinski definition) is 0. The minimum absolute atomic E-state index is 0.0110. The number of methoxy groups -OCH3 is 1. The maximum atomic E-state index is 11.9. The average Bonchev–Trinajstić information content (AvgIpc) is 2.47. The number of ether oxygens (including phenoxy) is 2. The van der Waals surface area contributed by atoms with Crippen molar-refractivity contribution in [2.45, 2.75) is 53.1 Å². The van der Waals surface area contributed by atoms with E-state index in [-0.39, 0.29) is 18.0 Å². The second-order valence-electron chi connectivity index (χ2n) is 5.95. The Kier molecular flexibility index (Phi) is 7.27. The lowest BCUT2D eigenvalue weighted by atomic mass is 9.91. The van der Waals surface area contributed by atoms with Gasteiger partial charge in [0.15, 0.2) is 0 Å². The van der Waals surface area contributed by atoms with E-state index < -0.39 is 0 Å². The van der Waals surface area contributed by atoms with Crippen LogP contribution < -0.4 is 4.74 Å². The van der Waals surface area contributed by atoms with E-state index >= 15 is 0 Å². The predicted molar refractivity (Wildman–Crippen MR) is 85.5 cm³/mol. The molecular weight excluding hydrogens is 264 g/mol. The van der Waals surface area contributed by atoms with Gasteiger partial charge in [-0.15, -0.1) is 0 Å². The van der Waals surface area contributed by atoms with Crippen LogP contribution >= 0.6 is 0 Å². The molecule has 0 fully saturated rings. The highest BCUT2D eigenvalue weighted by molar-refractivity contribution is 5.72. The van der Waals surface area contributed by atoms with E-state index in [1.165, 1.54) is 5.56 Å². The Morgan fingerprint density at radius 3 is 2.29 bits per heavy atom. The van der Waals surface area contributed by atoms with Crippen LogP contribution in [0.3, 0.4) is 0 Å². The summed E-state index contributed by atoms with van der Waals surface area (Å²) in [6.45, 7) is 8.09. The van der Waals surface area contributed by atoms with Crippen LogP contribution in [-0.2, 0) is 16.0 Å². The normalized spacial score (nSPS) is 15.1. The molecule has 1 aromatic carbocycles. The highest BCUT2D eigenvalue weighted by atomic mass is 16.5.